The van der Waals surface area contributed by atoms with Crippen LogP contribution in [0, 0.1) is 11.8 Å². The van der Waals surface area contributed by atoms with Crippen molar-refractivity contribution in [2.75, 3.05) is 19.6 Å². The van der Waals surface area contributed by atoms with E-state index >= 15 is 0 Å². The van der Waals surface area contributed by atoms with Crippen LogP contribution in [0.15, 0.2) is 0 Å². The van der Waals surface area contributed by atoms with Crippen molar-refractivity contribution in [1.29, 1.82) is 0 Å². The molecule has 1 aliphatic carbocycles. The van der Waals surface area contributed by atoms with Gasteiger partial charge in [0.1, 0.15) is 0 Å². The second kappa shape index (κ2) is 10.5. The predicted molar refractivity (Wildman–Crippen MR) is 95.5 cm³/mol. The normalized spacial score (nSPS) is 21.9. The summed E-state index contributed by atoms with van der Waals surface area (Å²) < 4.78 is 0. The quantitative estimate of drug-likeness (QED) is 0.798. The number of halogens is 1. The molecule has 1 heterocycles. The lowest BCUT2D eigenvalue weighted by molar-refractivity contribution is -0.138. The predicted octanol–water partition coefficient (Wildman–Crippen LogP) is 4.01. The Morgan fingerprint density at radius 3 is 2.36 bits per heavy atom. The van der Waals surface area contributed by atoms with Crippen molar-refractivity contribution in [3.63, 3.8) is 0 Å². The Bertz CT molecular complexity index is 312. The minimum absolute atomic E-state index is 0. The van der Waals surface area contributed by atoms with Gasteiger partial charge in [0.15, 0.2) is 0 Å². The zero-order chi connectivity index (χ0) is 15.1. The highest BCUT2D eigenvalue weighted by atomic mass is 35.5. The van der Waals surface area contributed by atoms with Crippen LogP contribution in [-0.2, 0) is 4.79 Å². The zero-order valence-electron chi connectivity index (χ0n) is 14.5. The third kappa shape index (κ3) is 5.73. The summed E-state index contributed by atoms with van der Waals surface area (Å²) in [7, 11) is 0. The molecule has 0 radical (unpaired) electrons. The third-order valence-corrected chi connectivity index (χ3v) is 5.33. The fourth-order valence-corrected chi connectivity index (χ4v) is 4.14. The van der Waals surface area contributed by atoms with E-state index in [1.807, 2.05) is 0 Å². The van der Waals surface area contributed by atoms with Crippen molar-refractivity contribution in [1.82, 2.24) is 10.2 Å². The highest BCUT2D eigenvalue weighted by molar-refractivity contribution is 5.85. The second-order valence-electron chi connectivity index (χ2n) is 7.15. The summed E-state index contributed by atoms with van der Waals surface area (Å²) in [4.78, 5) is 15.1. The summed E-state index contributed by atoms with van der Waals surface area (Å²) in [5.41, 5.74) is 0. The Morgan fingerprint density at radius 1 is 1.14 bits per heavy atom. The van der Waals surface area contributed by atoms with Crippen LogP contribution in [0.2, 0.25) is 0 Å². The number of nitrogens with one attached hydrogen (secondary N) is 1. The Kier molecular flexibility index (Phi) is 9.42. The van der Waals surface area contributed by atoms with Crippen molar-refractivity contribution >= 4 is 18.3 Å². The summed E-state index contributed by atoms with van der Waals surface area (Å²) >= 11 is 0. The standard InChI is InChI=1S/C18H34N2O.ClH/c1-3-13-20(17-9-11-19-12-10-17)18(21)15(2)14-16-7-5-4-6-8-16;/h15-17,19H,3-14H2,1-2H3;1H. The van der Waals surface area contributed by atoms with Crippen molar-refractivity contribution in [2.45, 2.75) is 77.7 Å². The van der Waals surface area contributed by atoms with Crippen LogP contribution < -0.4 is 5.32 Å². The maximum absolute atomic E-state index is 12.9. The van der Waals surface area contributed by atoms with E-state index < -0.39 is 0 Å². The van der Waals surface area contributed by atoms with E-state index in [4.69, 9.17) is 0 Å². The molecule has 130 valence electrons. The topological polar surface area (TPSA) is 32.3 Å². The fraction of sp³-hybridized carbons (Fsp3) is 0.944. The average molecular weight is 331 g/mol. The SMILES string of the molecule is CCCN(C(=O)C(C)CC1CCCCC1)C1CCNCC1.Cl. The molecule has 1 saturated carbocycles. The van der Waals surface area contributed by atoms with E-state index in [0.29, 0.717) is 11.9 Å². The lowest BCUT2D eigenvalue weighted by atomic mass is 9.82. The largest absolute Gasteiger partial charge is 0.339 e. The molecule has 0 aromatic heterocycles. The van der Waals surface area contributed by atoms with Gasteiger partial charge in [0.2, 0.25) is 5.91 Å². The maximum Gasteiger partial charge on any atom is 0.225 e. The first kappa shape index (κ1) is 19.8. The lowest BCUT2D eigenvalue weighted by Gasteiger charge is -2.37. The second-order valence-corrected chi connectivity index (χ2v) is 7.15. The molecule has 0 spiro atoms. The minimum Gasteiger partial charge on any atom is -0.339 e. The zero-order valence-corrected chi connectivity index (χ0v) is 15.3. The highest BCUT2D eigenvalue weighted by Gasteiger charge is 2.29. The molecule has 1 amide bonds. The van der Waals surface area contributed by atoms with Gasteiger partial charge in [-0.1, -0.05) is 46.0 Å². The molecule has 0 aromatic carbocycles. The average Bonchev–Trinajstić information content (AvgIpc) is 2.53. The minimum atomic E-state index is 0. The van der Waals surface area contributed by atoms with Crippen molar-refractivity contribution in [3.05, 3.63) is 0 Å². The van der Waals surface area contributed by atoms with Crippen LogP contribution in [0.4, 0.5) is 0 Å². The molecule has 4 heteroatoms. The van der Waals surface area contributed by atoms with Gasteiger partial charge in [-0.05, 0) is 44.7 Å². The monoisotopic (exact) mass is 330 g/mol. The Morgan fingerprint density at radius 2 is 1.77 bits per heavy atom. The molecule has 1 N–H and O–H groups in total. The van der Waals surface area contributed by atoms with Gasteiger partial charge in [-0.15, -0.1) is 12.4 Å². The fourth-order valence-electron chi connectivity index (χ4n) is 4.14. The van der Waals surface area contributed by atoms with Crippen LogP contribution in [0.3, 0.4) is 0 Å². The molecule has 1 atom stereocenters. The molecule has 1 saturated heterocycles. The van der Waals surface area contributed by atoms with Crippen molar-refractivity contribution in [3.8, 4) is 0 Å². The van der Waals surface area contributed by atoms with Gasteiger partial charge in [-0.3, -0.25) is 4.79 Å². The number of rotatable bonds is 6. The van der Waals surface area contributed by atoms with Crippen LogP contribution in [0.1, 0.15) is 71.6 Å². The van der Waals surface area contributed by atoms with Crippen LogP contribution in [0.25, 0.3) is 0 Å². The molecule has 1 unspecified atom stereocenters. The number of piperidine rings is 1. The van der Waals surface area contributed by atoms with Gasteiger partial charge in [0.05, 0.1) is 0 Å². The number of carbonyl (C=O) groups excluding carboxylic acids is 1. The molecule has 3 nitrogen and oxygen atoms in total. The third-order valence-electron chi connectivity index (χ3n) is 5.33. The van der Waals surface area contributed by atoms with Gasteiger partial charge in [-0.2, -0.15) is 0 Å². The van der Waals surface area contributed by atoms with Gasteiger partial charge in [-0.25, -0.2) is 0 Å². The van der Waals surface area contributed by atoms with Gasteiger partial charge in [0, 0.05) is 18.5 Å². The van der Waals surface area contributed by atoms with Crippen LogP contribution in [-0.4, -0.2) is 36.5 Å². The lowest BCUT2D eigenvalue weighted by Crippen LogP contribution is -2.48. The van der Waals surface area contributed by atoms with E-state index in [2.05, 4.69) is 24.1 Å². The molecule has 2 fully saturated rings. The van der Waals surface area contributed by atoms with Gasteiger partial charge < -0.3 is 10.2 Å². The summed E-state index contributed by atoms with van der Waals surface area (Å²) in [5, 5.41) is 3.41. The summed E-state index contributed by atoms with van der Waals surface area (Å²) in [6.07, 6.45) is 11.3. The number of hydrogen-bond acceptors (Lipinski definition) is 2. The van der Waals surface area contributed by atoms with Crippen LogP contribution >= 0.6 is 12.4 Å². The number of carbonyl (C=O) groups is 1. The summed E-state index contributed by atoms with van der Waals surface area (Å²) in [6, 6.07) is 0.479. The van der Waals surface area contributed by atoms with Gasteiger partial charge in [0.25, 0.3) is 0 Å². The molecular weight excluding hydrogens is 296 g/mol. The van der Waals surface area contributed by atoms with E-state index in [1.54, 1.807) is 0 Å². The highest BCUT2D eigenvalue weighted by Crippen LogP contribution is 2.30. The first-order valence-corrected chi connectivity index (χ1v) is 9.23. The Hall–Kier alpha value is -0.280. The van der Waals surface area contributed by atoms with Crippen molar-refractivity contribution in [2.24, 2.45) is 11.8 Å². The first-order valence-electron chi connectivity index (χ1n) is 9.23. The molecule has 0 bridgehead atoms. The van der Waals surface area contributed by atoms with E-state index in [-0.39, 0.29) is 18.3 Å². The smallest absolute Gasteiger partial charge is 0.225 e. The Balaban J connectivity index is 0.00000242. The van der Waals surface area contributed by atoms with Crippen molar-refractivity contribution < 1.29 is 4.79 Å². The summed E-state index contributed by atoms with van der Waals surface area (Å²) in [5.74, 6) is 1.44. The van der Waals surface area contributed by atoms with E-state index in [1.165, 1.54) is 32.1 Å². The van der Waals surface area contributed by atoms with Gasteiger partial charge >= 0.3 is 0 Å². The molecule has 0 aromatic rings. The molecule has 2 rings (SSSR count). The Labute approximate surface area is 143 Å². The van der Waals surface area contributed by atoms with E-state index in [9.17, 15) is 4.79 Å². The summed E-state index contributed by atoms with van der Waals surface area (Å²) in [6.45, 7) is 7.43. The molecular formula is C18H35ClN2O. The van der Waals surface area contributed by atoms with Crippen LogP contribution in [0.5, 0.6) is 0 Å². The number of hydrogen-bond donors (Lipinski definition) is 1. The molecule has 22 heavy (non-hydrogen) atoms. The molecule has 1 aliphatic heterocycles. The number of nitrogens with zero attached hydrogens (tertiary/aromatic N) is 1. The van der Waals surface area contributed by atoms with E-state index in [0.717, 1.165) is 51.2 Å². The maximum atomic E-state index is 12.9. The molecule has 2 aliphatic rings. The number of amides is 1. The first-order chi connectivity index (χ1) is 10.2.